The Bertz CT molecular complexity index is 264. The first kappa shape index (κ1) is 21.2. The summed E-state index contributed by atoms with van der Waals surface area (Å²) in [6.45, 7) is 0. The van der Waals surface area contributed by atoms with Crippen molar-refractivity contribution in [2.45, 2.75) is 0 Å². The molecule has 1 aromatic heterocycles. The Labute approximate surface area is 99.8 Å². The second kappa shape index (κ2) is 10.1. The summed E-state index contributed by atoms with van der Waals surface area (Å²) in [4.78, 5) is 52.3. The Kier molecular flexibility index (Phi) is 13.4. The molecule has 0 fully saturated rings. The maximum absolute atomic E-state index is 8.77. The van der Waals surface area contributed by atoms with E-state index >= 15 is 0 Å². The van der Waals surface area contributed by atoms with E-state index in [1.807, 2.05) is 0 Å². The molecule has 0 aliphatic rings. The molecule has 13 heteroatoms. The first-order valence-corrected chi connectivity index (χ1v) is 6.02. The number of imidazole rings is 1. The number of H-pyrrole nitrogens is 1. The third-order valence-corrected chi connectivity index (χ3v) is 0.406. The summed E-state index contributed by atoms with van der Waals surface area (Å²) in [5.41, 5.74) is 0. The first-order chi connectivity index (χ1) is 6.50. The van der Waals surface area contributed by atoms with Gasteiger partial charge in [0.2, 0.25) is 0 Å². The van der Waals surface area contributed by atoms with Crippen molar-refractivity contribution >= 4 is 15.6 Å². The van der Waals surface area contributed by atoms with Gasteiger partial charge in [-0.3, -0.25) is 9.13 Å². The number of nitrogens with one attached hydrogen (secondary N) is 1. The molecule has 0 aliphatic heterocycles. The molecule has 0 radical (unpaired) electrons. The summed E-state index contributed by atoms with van der Waals surface area (Å²) in [7, 11) is -9.78. The predicted molar refractivity (Wildman–Crippen MR) is 42.7 cm³/mol. The fourth-order valence-electron chi connectivity index (χ4n) is 0.215. The van der Waals surface area contributed by atoms with Gasteiger partial charge in [0.15, 0.2) is 0 Å². The predicted octanol–water partition coefficient (Wildman–Crippen LogP) is -2.71. The Hall–Kier alpha value is -0.0765. The van der Waals surface area contributed by atoms with Crippen LogP contribution in [0.1, 0.15) is 0 Å². The molecule has 5 N–H and O–H groups in total. The van der Waals surface area contributed by atoms with Crippen molar-refractivity contribution in [1.82, 2.24) is 9.97 Å². The van der Waals surface area contributed by atoms with Crippen LogP contribution in [0.2, 0.25) is 0 Å². The molecular weight excluding hydrogens is 313 g/mol. The van der Waals surface area contributed by atoms with Crippen molar-refractivity contribution in [1.29, 1.82) is 0 Å². The van der Waals surface area contributed by atoms with Gasteiger partial charge in [-0.25, -0.2) is 4.98 Å². The molecule has 10 nitrogen and oxygen atoms in total. The van der Waals surface area contributed by atoms with E-state index in [1.165, 1.54) is 0 Å². The monoisotopic (exact) mass is 320 g/mol. The van der Waals surface area contributed by atoms with Crippen molar-refractivity contribution in [2.75, 3.05) is 0 Å². The van der Waals surface area contributed by atoms with Gasteiger partial charge < -0.3 is 34.3 Å². The summed E-state index contributed by atoms with van der Waals surface area (Å²) in [5, 5.41) is 0. The summed E-state index contributed by atoms with van der Waals surface area (Å²) in [6, 6.07) is 0. The van der Waals surface area contributed by atoms with Gasteiger partial charge in [-0.15, -0.1) is 0 Å². The molecule has 16 heavy (non-hydrogen) atoms. The maximum atomic E-state index is 8.77. The summed E-state index contributed by atoms with van der Waals surface area (Å²) < 4.78 is 17.5. The first-order valence-electron chi connectivity index (χ1n) is 2.96. The van der Waals surface area contributed by atoms with E-state index in [0.29, 0.717) is 0 Å². The van der Waals surface area contributed by atoms with Crippen LogP contribution in [0.4, 0.5) is 0 Å². The minimum absolute atomic E-state index is 0. The molecule has 0 atom stereocenters. The molecule has 1 heterocycles. The molecule has 98 valence electrons. The zero-order valence-corrected chi connectivity index (χ0v) is 10.1. The van der Waals surface area contributed by atoms with Gasteiger partial charge in [0.1, 0.15) is 0 Å². The standard InChI is InChI=1S/C3H4N2.Ni.2H3O4P/c1-2-5-3-4-1;;2*1-5(2,3)4/h1-3H,(H,4,5);;2*(H3,1,2,3,4)/q;+2;;/p-2. The van der Waals surface area contributed by atoms with Crippen molar-refractivity contribution < 1.29 is 55.0 Å². The maximum Gasteiger partial charge on any atom is 2.00 e. The average Bonchev–Trinajstić information content (AvgIpc) is 2.28. The Morgan fingerprint density at radius 1 is 1.06 bits per heavy atom. The van der Waals surface area contributed by atoms with E-state index in [1.54, 1.807) is 18.7 Å². The number of aromatic nitrogens is 2. The van der Waals surface area contributed by atoms with Gasteiger partial charge in [0, 0.05) is 12.4 Å². The number of aromatic amines is 1. The van der Waals surface area contributed by atoms with Crippen LogP contribution in [0.15, 0.2) is 18.7 Å². The number of rotatable bonds is 0. The minimum Gasteiger partial charge on any atom is -0.756 e. The zero-order chi connectivity index (χ0) is 12.5. The molecule has 0 amide bonds. The molecule has 0 aromatic carbocycles. The molecule has 1 rings (SSSR count). The van der Waals surface area contributed by atoms with Crippen LogP contribution < -0.4 is 9.79 Å². The Morgan fingerprint density at radius 3 is 1.44 bits per heavy atom. The second-order valence-electron chi connectivity index (χ2n) is 1.74. The van der Waals surface area contributed by atoms with E-state index < -0.39 is 15.6 Å². The molecular formula is C3H8N2NiO8P2. The van der Waals surface area contributed by atoms with Crippen LogP contribution in [-0.2, 0) is 25.6 Å². The van der Waals surface area contributed by atoms with Crippen LogP contribution in [0, 0.1) is 0 Å². The summed E-state index contributed by atoms with van der Waals surface area (Å²) in [5.74, 6) is 0. The summed E-state index contributed by atoms with van der Waals surface area (Å²) in [6.07, 6.45) is 5.08. The molecule has 0 aliphatic carbocycles. The number of hydrogen-bond acceptors (Lipinski definition) is 5. The molecule has 0 bridgehead atoms. The van der Waals surface area contributed by atoms with Crippen molar-refractivity contribution in [3.63, 3.8) is 0 Å². The Balaban J connectivity index is -0.000000154. The Morgan fingerprint density at radius 2 is 1.38 bits per heavy atom. The third-order valence-electron chi connectivity index (χ3n) is 0.406. The van der Waals surface area contributed by atoms with E-state index in [-0.39, 0.29) is 16.5 Å². The van der Waals surface area contributed by atoms with Gasteiger partial charge in [-0.1, -0.05) is 0 Å². The minimum atomic E-state index is -4.89. The molecule has 1 aromatic rings. The number of phosphoric acid groups is 2. The van der Waals surface area contributed by atoms with Crippen molar-refractivity contribution in [3.8, 4) is 0 Å². The van der Waals surface area contributed by atoms with Crippen LogP contribution in [0.25, 0.3) is 0 Å². The fraction of sp³-hybridized carbons (Fsp3) is 0. The van der Waals surface area contributed by atoms with Crippen molar-refractivity contribution in [2.24, 2.45) is 0 Å². The van der Waals surface area contributed by atoms with E-state index in [2.05, 4.69) is 9.97 Å². The van der Waals surface area contributed by atoms with E-state index in [4.69, 9.17) is 38.5 Å². The van der Waals surface area contributed by atoms with E-state index in [0.717, 1.165) is 0 Å². The normalized spacial score (nSPS) is 9.88. The molecule has 0 saturated carbocycles. The van der Waals surface area contributed by atoms with Gasteiger partial charge in [0.05, 0.1) is 6.33 Å². The largest absolute Gasteiger partial charge is 2.00 e. The van der Waals surface area contributed by atoms with Crippen LogP contribution in [0.3, 0.4) is 0 Å². The molecule has 0 unspecified atom stereocenters. The van der Waals surface area contributed by atoms with Gasteiger partial charge in [0.25, 0.3) is 15.6 Å². The van der Waals surface area contributed by atoms with Gasteiger partial charge >= 0.3 is 16.5 Å². The summed E-state index contributed by atoms with van der Waals surface area (Å²) >= 11 is 0. The fourth-order valence-corrected chi connectivity index (χ4v) is 0.215. The van der Waals surface area contributed by atoms with Gasteiger partial charge in [-0.2, -0.15) is 0 Å². The SMILES string of the molecule is O=P([O-])(O)O.O=P([O-])(O)O.[Ni+2].c1c[nH]cn1. The van der Waals surface area contributed by atoms with Crippen LogP contribution in [-0.4, -0.2) is 29.5 Å². The van der Waals surface area contributed by atoms with Crippen molar-refractivity contribution in [3.05, 3.63) is 18.7 Å². The third kappa shape index (κ3) is 95.9. The number of nitrogens with zero attached hydrogens (tertiary/aromatic N) is 1. The second-order valence-corrected chi connectivity index (χ2v) is 3.70. The smallest absolute Gasteiger partial charge is 0.756 e. The zero-order valence-electron chi connectivity index (χ0n) is 7.31. The average molecular weight is 321 g/mol. The molecule has 0 saturated heterocycles. The topological polar surface area (TPSA) is 190 Å². The van der Waals surface area contributed by atoms with Gasteiger partial charge in [-0.05, 0) is 0 Å². The molecule has 0 spiro atoms. The quantitative estimate of drug-likeness (QED) is 0.250. The van der Waals surface area contributed by atoms with E-state index in [9.17, 15) is 0 Å². The van der Waals surface area contributed by atoms with Crippen LogP contribution >= 0.6 is 15.6 Å². The van der Waals surface area contributed by atoms with Crippen LogP contribution in [0.5, 0.6) is 0 Å². The number of hydrogen-bond donors (Lipinski definition) is 5.